The second-order valence-corrected chi connectivity index (χ2v) is 7.66. The van der Waals surface area contributed by atoms with E-state index in [2.05, 4.69) is 4.57 Å². The Bertz CT molecular complexity index is 1420. The van der Waals surface area contributed by atoms with Gasteiger partial charge < -0.3 is 4.74 Å². The Morgan fingerprint density at radius 1 is 0.938 bits per heavy atom. The van der Waals surface area contributed by atoms with Gasteiger partial charge in [0.2, 0.25) is 11.4 Å². The molecule has 0 bridgehead atoms. The van der Waals surface area contributed by atoms with Crippen LogP contribution in [0.5, 0.6) is 5.75 Å². The van der Waals surface area contributed by atoms with Gasteiger partial charge in [-0.15, -0.1) is 0 Å². The molecule has 0 saturated carbocycles. The predicted molar refractivity (Wildman–Crippen MR) is 125 cm³/mol. The lowest BCUT2D eigenvalue weighted by Crippen LogP contribution is -2.34. The zero-order valence-corrected chi connectivity index (χ0v) is 18.2. The maximum absolute atomic E-state index is 13.2. The first kappa shape index (κ1) is 19.8. The molecule has 2 aromatic heterocycles. The topological polar surface area (TPSA) is 52.4 Å². The number of allylic oxidation sites excluding steroid dienone is 1. The van der Waals surface area contributed by atoms with Crippen molar-refractivity contribution in [3.05, 3.63) is 112 Å². The molecule has 0 N–H and O–H groups in total. The molecule has 0 radical (unpaired) electrons. The summed E-state index contributed by atoms with van der Waals surface area (Å²) in [7, 11) is 3.51. The summed E-state index contributed by atoms with van der Waals surface area (Å²) in [6, 6.07) is 23.6. The molecule has 0 aliphatic carbocycles. The van der Waals surface area contributed by atoms with E-state index in [9.17, 15) is 4.79 Å². The number of aliphatic imine (C=N–C) groups is 1. The van der Waals surface area contributed by atoms with Crippen molar-refractivity contribution in [1.82, 2.24) is 9.36 Å². The summed E-state index contributed by atoms with van der Waals surface area (Å²) < 4.78 is 10.8. The number of rotatable bonds is 4. The van der Waals surface area contributed by atoms with E-state index in [0.29, 0.717) is 5.69 Å². The molecule has 2 aromatic carbocycles. The Labute approximate surface area is 186 Å². The van der Waals surface area contributed by atoms with Crippen LogP contribution in [0.15, 0.2) is 101 Å². The Morgan fingerprint density at radius 3 is 2.38 bits per heavy atom. The van der Waals surface area contributed by atoms with Crippen molar-refractivity contribution in [2.24, 2.45) is 12.0 Å². The fourth-order valence-corrected chi connectivity index (χ4v) is 4.17. The lowest BCUT2D eigenvalue weighted by atomic mass is 10.1. The average molecular weight is 423 g/mol. The third-order valence-corrected chi connectivity index (χ3v) is 5.69. The number of ether oxygens (including phenoxy) is 1. The fourth-order valence-electron chi connectivity index (χ4n) is 4.17. The number of fused-ring (bicyclic) bond motifs is 1. The quantitative estimate of drug-likeness (QED) is 0.468. The van der Waals surface area contributed by atoms with Gasteiger partial charge in [-0.3, -0.25) is 9.48 Å². The van der Waals surface area contributed by atoms with Gasteiger partial charge in [0.1, 0.15) is 17.1 Å². The van der Waals surface area contributed by atoms with Gasteiger partial charge in [0.25, 0.3) is 5.56 Å². The highest BCUT2D eigenvalue weighted by Crippen LogP contribution is 2.28. The Morgan fingerprint density at radius 2 is 1.66 bits per heavy atom. The Balaban J connectivity index is 1.67. The highest BCUT2D eigenvalue weighted by molar-refractivity contribution is 6.16. The molecule has 1 aliphatic rings. The molecule has 4 aromatic rings. The van der Waals surface area contributed by atoms with Crippen LogP contribution >= 0.6 is 0 Å². The molecule has 0 fully saturated rings. The number of benzene rings is 2. The van der Waals surface area contributed by atoms with Crippen molar-refractivity contribution in [3.8, 4) is 11.4 Å². The minimum Gasteiger partial charge on any atom is -0.497 e. The van der Waals surface area contributed by atoms with Gasteiger partial charge in [-0.1, -0.05) is 18.2 Å². The van der Waals surface area contributed by atoms with Crippen molar-refractivity contribution in [1.29, 1.82) is 0 Å². The number of nitrogens with zero attached hydrogens (tertiary/aromatic N) is 4. The van der Waals surface area contributed by atoms with Crippen LogP contribution in [0, 0.1) is 0 Å². The summed E-state index contributed by atoms with van der Waals surface area (Å²) in [5, 5.41) is 0. The molecule has 0 saturated heterocycles. The van der Waals surface area contributed by atoms with Crippen LogP contribution in [0.4, 0.5) is 5.69 Å². The number of hydrogen-bond donors (Lipinski definition) is 0. The maximum Gasteiger partial charge on any atom is 0.297 e. The molecule has 3 heterocycles. The first-order valence-electron chi connectivity index (χ1n) is 10.4. The van der Waals surface area contributed by atoms with E-state index in [1.54, 1.807) is 22.7 Å². The van der Waals surface area contributed by atoms with E-state index < -0.39 is 0 Å². The molecule has 158 valence electrons. The van der Waals surface area contributed by atoms with Gasteiger partial charge in [0, 0.05) is 24.7 Å². The first-order chi connectivity index (χ1) is 15.6. The third kappa shape index (κ3) is 3.17. The van der Waals surface area contributed by atoms with E-state index in [4.69, 9.17) is 9.73 Å². The maximum atomic E-state index is 13.2. The lowest BCUT2D eigenvalue weighted by Gasteiger charge is -2.05. The Hall–Kier alpha value is -4.19. The molecule has 32 heavy (non-hydrogen) atoms. The minimum atomic E-state index is -0.153. The molecule has 0 unspecified atom stereocenters. The van der Waals surface area contributed by atoms with Gasteiger partial charge in [0.15, 0.2) is 6.20 Å². The zero-order chi connectivity index (χ0) is 22.2. The highest BCUT2D eigenvalue weighted by Gasteiger charge is 2.35. The second kappa shape index (κ2) is 7.81. The minimum absolute atomic E-state index is 0.153. The third-order valence-electron chi connectivity index (χ3n) is 5.69. The number of para-hydroxylation sites is 1. The molecule has 1 aliphatic heterocycles. The normalized spacial score (nSPS) is 14.2. The molecule has 6 heteroatoms. The largest absolute Gasteiger partial charge is 0.497 e. The van der Waals surface area contributed by atoms with Gasteiger partial charge in [-0.25, -0.2) is 9.67 Å². The summed E-state index contributed by atoms with van der Waals surface area (Å²) in [6.45, 7) is 2.05. The zero-order valence-electron chi connectivity index (χ0n) is 18.2. The van der Waals surface area contributed by atoms with Gasteiger partial charge >= 0.3 is 0 Å². The first-order valence-corrected chi connectivity index (χ1v) is 10.4. The lowest BCUT2D eigenvalue weighted by molar-refractivity contribution is -0.577. The number of aryl methyl sites for hydroxylation is 1. The highest BCUT2D eigenvalue weighted by atomic mass is 16.5. The monoisotopic (exact) mass is 423 g/mol. The van der Waals surface area contributed by atoms with E-state index in [1.807, 2.05) is 93.0 Å². The van der Waals surface area contributed by atoms with Crippen molar-refractivity contribution in [3.63, 3.8) is 0 Å². The molecular weight excluding hydrogens is 400 g/mol. The van der Waals surface area contributed by atoms with Crippen molar-refractivity contribution in [2.45, 2.75) is 6.92 Å². The molecule has 0 amide bonds. The second-order valence-electron chi connectivity index (χ2n) is 7.66. The van der Waals surface area contributed by atoms with Crippen LogP contribution in [0.1, 0.15) is 18.2 Å². The van der Waals surface area contributed by atoms with Crippen LogP contribution in [0.3, 0.4) is 0 Å². The van der Waals surface area contributed by atoms with E-state index in [1.165, 1.54) is 0 Å². The summed E-state index contributed by atoms with van der Waals surface area (Å²) in [5.74, 6) is 0.808. The summed E-state index contributed by atoms with van der Waals surface area (Å²) in [5.41, 5.74) is 5.90. The van der Waals surface area contributed by atoms with Gasteiger partial charge in [-0.05, 0) is 49.4 Å². The van der Waals surface area contributed by atoms with Crippen LogP contribution in [0.2, 0.25) is 0 Å². The molecule has 6 nitrogen and oxygen atoms in total. The summed E-state index contributed by atoms with van der Waals surface area (Å²) in [4.78, 5) is 18.1. The van der Waals surface area contributed by atoms with Gasteiger partial charge in [-0.2, -0.15) is 4.57 Å². The van der Waals surface area contributed by atoms with Crippen molar-refractivity contribution < 1.29 is 9.30 Å². The van der Waals surface area contributed by atoms with Crippen molar-refractivity contribution >= 4 is 17.1 Å². The molecule has 0 atom stereocenters. The number of hydrogen-bond acceptors (Lipinski definition) is 3. The predicted octanol–water partition coefficient (Wildman–Crippen LogP) is 3.89. The summed E-state index contributed by atoms with van der Waals surface area (Å²) in [6.07, 6.45) is 3.79. The van der Waals surface area contributed by atoms with Gasteiger partial charge in [0.05, 0.1) is 24.6 Å². The smallest absolute Gasteiger partial charge is 0.297 e. The Kier molecular flexibility index (Phi) is 4.82. The van der Waals surface area contributed by atoms with Crippen LogP contribution < -0.4 is 14.9 Å². The molecule has 0 spiro atoms. The van der Waals surface area contributed by atoms with E-state index >= 15 is 0 Å². The standard InChI is InChI=1S/C26H23N4O2/c1-18-24(27-22-17-28(2)30(26(22)31)20-9-5-4-6-10-20)23-11-7-8-16-29(23)25(18)19-12-14-21(32-3)15-13-19/h4-17H,1-3H3/q+1. The summed E-state index contributed by atoms with van der Waals surface area (Å²) >= 11 is 0. The number of aromatic nitrogens is 3. The van der Waals surface area contributed by atoms with Crippen molar-refractivity contribution in [2.75, 3.05) is 7.11 Å². The van der Waals surface area contributed by atoms with Crippen LogP contribution in [0.25, 0.3) is 11.4 Å². The van der Waals surface area contributed by atoms with Crippen LogP contribution in [-0.4, -0.2) is 22.2 Å². The number of methoxy groups -OCH3 is 1. The van der Waals surface area contributed by atoms with E-state index in [0.717, 1.165) is 39.7 Å². The SMILES string of the molecule is COc1ccc(C2=C(C)/C(=N\c3cn(C)n(-c4ccccc4)c3=O)c3cccc[n+]32)cc1. The average Bonchev–Trinajstić information content (AvgIpc) is 3.27. The molecular formula is C26H23N4O2+. The fraction of sp³-hybridized carbons (Fsp3) is 0.115. The van der Waals surface area contributed by atoms with E-state index in [-0.39, 0.29) is 5.56 Å². The molecule has 5 rings (SSSR count). The van der Waals surface area contributed by atoms with Crippen LogP contribution in [-0.2, 0) is 7.05 Å². The number of pyridine rings is 1.